The maximum absolute atomic E-state index is 14.0. The highest BCUT2D eigenvalue weighted by molar-refractivity contribution is 5.82. The second-order valence-electron chi connectivity index (χ2n) is 28.5. The number of ether oxygens (including phenoxy) is 13. The predicted octanol–water partition coefficient (Wildman–Crippen LogP) is -1.24. The molecular weight excluding hydrogens is 1410 g/mol. The zero-order chi connectivity index (χ0) is 79.6. The van der Waals surface area contributed by atoms with Crippen molar-refractivity contribution in [1.29, 1.82) is 0 Å². The molecule has 3 fully saturated rings. The van der Waals surface area contributed by atoms with Crippen LogP contribution in [0.3, 0.4) is 0 Å². The molecule has 3 aliphatic heterocycles. The first-order valence-corrected chi connectivity index (χ1v) is 37.6. The molecule has 5 amide bonds. The molecule has 3 heterocycles. The normalized spacial score (nSPS) is 25.0. The van der Waals surface area contributed by atoms with Crippen LogP contribution >= 0.6 is 0 Å². The number of carbonyl (C=O) groups excluding carboxylic acids is 8. The standard InChI is InChI=1S/C67H119N5O30.C5H12/c1-44(76)69-55-61(87)58(84)50(41-73)100-64(55)97-38-35-94-32-29-91-26-11-15-48(80)18-21-67(72-54(83)17-10-14-47(79)13-8-6-5-7-9-25-90-4,22-19-49(81)16-12-27-92-30-33-95-36-39-98-65-56(70-45(2)77)62(88)59(85)51(42-74)101-65)23-20-53(82)68-24-28-93-31-34-96-37-40-99-66-57(71-46(3)78)63(89)60(86)52(43-75)102-66;1-5(2,3)4/h50-52,55-66,73-75,84-89H,5-43H2,1-4H3,(H,68,82)(H,69,76)(H,70,77)(H,71,78)(H,72,83);1-4H3. The van der Waals surface area contributed by atoms with Crippen molar-refractivity contribution in [2.24, 2.45) is 5.41 Å². The fourth-order valence-electron chi connectivity index (χ4n) is 11.5. The van der Waals surface area contributed by atoms with E-state index < -0.39 is 147 Å². The summed E-state index contributed by atoms with van der Waals surface area (Å²) in [5.41, 5.74) is -0.722. The van der Waals surface area contributed by atoms with E-state index in [9.17, 15) is 84.3 Å². The fraction of sp³-hybridized carbons (Fsp3) is 0.889. The SMILES string of the molecule is CC(C)(C)C.COCCCCCCCC(=O)CCCC(=O)NC(CCC(=O)CCCOCCOCCOC1OC(CO)C(O)C(O)C1NC(C)=O)(CCC(=O)CCCOCCOCCOC1OC(CO)C(O)C(O)C1NC(C)=O)CCC(=O)NCCOCCOCCOC1OC(CO)C(O)C(O)C1NC(C)=O. The van der Waals surface area contributed by atoms with E-state index in [-0.39, 0.29) is 194 Å². The number of Topliss-reactive ketones (excluding diaryl/α,β-unsaturated/α-hetero) is 3. The number of hydrogen-bond donors (Lipinski definition) is 14. The summed E-state index contributed by atoms with van der Waals surface area (Å²) in [5, 5.41) is 104. The first kappa shape index (κ1) is 98.6. The van der Waals surface area contributed by atoms with Gasteiger partial charge >= 0.3 is 0 Å². The summed E-state index contributed by atoms with van der Waals surface area (Å²) in [6.45, 7) is 12.8. The Balaban J connectivity index is 0.00000750. The van der Waals surface area contributed by atoms with Crippen molar-refractivity contribution < 1.29 is 146 Å². The Hall–Kier alpha value is -4.52. The second-order valence-corrected chi connectivity index (χ2v) is 28.5. The van der Waals surface area contributed by atoms with Gasteiger partial charge in [-0.25, -0.2) is 0 Å². The number of ketones is 3. The summed E-state index contributed by atoms with van der Waals surface area (Å²) in [6, 6.07) is -3.32. The van der Waals surface area contributed by atoms with Crippen molar-refractivity contribution in [2.45, 2.75) is 268 Å². The average molecular weight is 1550 g/mol. The van der Waals surface area contributed by atoms with E-state index in [0.29, 0.717) is 31.3 Å². The first-order valence-electron chi connectivity index (χ1n) is 37.6. The van der Waals surface area contributed by atoms with Gasteiger partial charge in [-0.2, -0.15) is 0 Å². The fourth-order valence-corrected chi connectivity index (χ4v) is 11.5. The minimum atomic E-state index is -1.47. The number of aliphatic hydroxyl groups is 9. The summed E-state index contributed by atoms with van der Waals surface area (Å²) >= 11 is 0. The van der Waals surface area contributed by atoms with Gasteiger partial charge in [-0.3, -0.25) is 38.4 Å². The van der Waals surface area contributed by atoms with Crippen LogP contribution < -0.4 is 26.6 Å². The van der Waals surface area contributed by atoms with Gasteiger partial charge in [0.15, 0.2) is 18.9 Å². The topological polar surface area (TPSA) is 499 Å². The zero-order valence-corrected chi connectivity index (χ0v) is 64.3. The lowest BCUT2D eigenvalue weighted by Crippen LogP contribution is -2.64. The molecule has 0 aromatic rings. The highest BCUT2D eigenvalue weighted by atomic mass is 16.7. The molecule has 35 nitrogen and oxygen atoms in total. The average Bonchev–Trinajstić information content (AvgIpc) is 0.825. The summed E-state index contributed by atoms with van der Waals surface area (Å²) in [5.74, 6) is -2.57. The van der Waals surface area contributed by atoms with E-state index in [1.54, 1.807) is 7.11 Å². The summed E-state index contributed by atoms with van der Waals surface area (Å²) in [6.07, 6.45) is -9.49. The number of hydrogen-bond acceptors (Lipinski definition) is 30. The Bertz CT molecular complexity index is 2240. The third kappa shape index (κ3) is 44.4. The van der Waals surface area contributed by atoms with E-state index >= 15 is 0 Å². The Morgan fingerprint density at radius 3 is 1.05 bits per heavy atom. The summed E-state index contributed by atoms with van der Waals surface area (Å²) in [7, 11) is 1.66. The summed E-state index contributed by atoms with van der Waals surface area (Å²) in [4.78, 5) is 103. The first-order chi connectivity index (χ1) is 51.0. The number of amides is 5. The van der Waals surface area contributed by atoms with Crippen molar-refractivity contribution >= 4 is 46.9 Å². The lowest BCUT2D eigenvalue weighted by molar-refractivity contribution is -0.272. The maximum atomic E-state index is 14.0. The Kier molecular flexibility index (Phi) is 53.0. The number of carbonyl (C=O) groups is 8. The molecule has 0 aromatic heterocycles. The molecule has 0 spiro atoms. The van der Waals surface area contributed by atoms with Crippen molar-refractivity contribution in [2.75, 3.05) is 139 Å². The van der Waals surface area contributed by atoms with Gasteiger partial charge in [0.05, 0.1) is 106 Å². The van der Waals surface area contributed by atoms with Crippen LogP contribution in [0.2, 0.25) is 0 Å². The van der Waals surface area contributed by atoms with Crippen LogP contribution in [0, 0.1) is 5.41 Å². The molecule has 0 saturated carbocycles. The zero-order valence-electron chi connectivity index (χ0n) is 64.3. The molecule has 35 heteroatoms. The second kappa shape index (κ2) is 57.5. The third-order valence-electron chi connectivity index (χ3n) is 17.1. The van der Waals surface area contributed by atoms with Crippen LogP contribution in [0.4, 0.5) is 0 Å². The van der Waals surface area contributed by atoms with Gasteiger partial charge < -0.3 is 134 Å². The summed E-state index contributed by atoms with van der Waals surface area (Å²) < 4.78 is 72.6. The van der Waals surface area contributed by atoms with Crippen LogP contribution in [0.5, 0.6) is 0 Å². The molecule has 3 aliphatic rings. The molecule has 15 atom stereocenters. The lowest BCUT2D eigenvalue weighted by Gasteiger charge is -2.42. The van der Waals surface area contributed by atoms with E-state index in [2.05, 4.69) is 54.3 Å². The molecule has 14 N–H and O–H groups in total. The van der Waals surface area contributed by atoms with Gasteiger partial charge in [0.25, 0.3) is 0 Å². The quantitative estimate of drug-likeness (QED) is 0.0317. The van der Waals surface area contributed by atoms with Crippen LogP contribution in [0.1, 0.15) is 170 Å². The Morgan fingerprint density at radius 1 is 0.355 bits per heavy atom. The van der Waals surface area contributed by atoms with Gasteiger partial charge in [-0.15, -0.1) is 0 Å². The highest BCUT2D eigenvalue weighted by Gasteiger charge is 2.48. The lowest BCUT2D eigenvalue weighted by atomic mass is 9.81. The van der Waals surface area contributed by atoms with Gasteiger partial charge in [0.1, 0.15) is 90.4 Å². The van der Waals surface area contributed by atoms with Gasteiger partial charge in [-0.1, -0.05) is 47.0 Å². The van der Waals surface area contributed by atoms with Crippen molar-refractivity contribution in [1.82, 2.24) is 26.6 Å². The molecule has 0 aliphatic carbocycles. The molecule has 0 bridgehead atoms. The van der Waals surface area contributed by atoms with Gasteiger partial charge in [0, 0.05) is 111 Å². The maximum Gasteiger partial charge on any atom is 0.220 e. The molecule has 0 aromatic carbocycles. The minimum Gasteiger partial charge on any atom is -0.394 e. The van der Waals surface area contributed by atoms with Crippen molar-refractivity contribution in [3.63, 3.8) is 0 Å². The predicted molar refractivity (Wildman–Crippen MR) is 382 cm³/mol. The molecule has 107 heavy (non-hydrogen) atoms. The Morgan fingerprint density at radius 2 is 0.673 bits per heavy atom. The monoisotopic (exact) mass is 1550 g/mol. The van der Waals surface area contributed by atoms with Crippen molar-refractivity contribution in [3.8, 4) is 0 Å². The molecule has 15 unspecified atom stereocenters. The molecule has 3 rings (SSSR count). The van der Waals surface area contributed by atoms with Gasteiger partial charge in [0.2, 0.25) is 29.5 Å². The van der Waals surface area contributed by atoms with E-state index in [0.717, 1.165) is 32.1 Å². The number of rotatable bonds is 60. The Labute approximate surface area is 629 Å². The van der Waals surface area contributed by atoms with E-state index in [1.807, 2.05) is 0 Å². The van der Waals surface area contributed by atoms with Crippen molar-refractivity contribution in [3.05, 3.63) is 0 Å². The molecule has 0 radical (unpaired) electrons. The minimum absolute atomic E-state index is 0.0224. The largest absolute Gasteiger partial charge is 0.394 e. The number of nitrogens with one attached hydrogen (secondary N) is 5. The number of methoxy groups -OCH3 is 1. The molecule has 624 valence electrons. The van der Waals surface area contributed by atoms with E-state index in [4.69, 9.17) is 61.6 Å². The number of aliphatic hydroxyl groups excluding tert-OH is 9. The van der Waals surface area contributed by atoms with Gasteiger partial charge in [-0.05, 0) is 56.8 Å². The molecular formula is C72H131N5O30. The van der Waals surface area contributed by atoms with Crippen LogP contribution in [0.25, 0.3) is 0 Å². The van der Waals surface area contributed by atoms with Crippen LogP contribution in [-0.2, 0) is 99.9 Å². The number of unbranched alkanes of at least 4 members (excludes halogenated alkanes) is 4. The highest BCUT2D eigenvalue weighted by Crippen LogP contribution is 2.29. The smallest absolute Gasteiger partial charge is 0.220 e. The van der Waals surface area contributed by atoms with E-state index in [1.165, 1.54) is 20.8 Å². The van der Waals surface area contributed by atoms with Crippen LogP contribution in [0.15, 0.2) is 0 Å². The molecule has 3 saturated heterocycles. The van der Waals surface area contributed by atoms with Crippen LogP contribution in [-0.4, -0.2) is 329 Å². The third-order valence-corrected chi connectivity index (χ3v) is 17.1.